The van der Waals surface area contributed by atoms with Gasteiger partial charge in [-0.2, -0.15) is 0 Å². The van der Waals surface area contributed by atoms with Crippen LogP contribution in [0, 0.1) is 17.5 Å². The Hall–Kier alpha value is -3.53. The van der Waals surface area contributed by atoms with Gasteiger partial charge in [-0.1, -0.05) is 0 Å². The van der Waals surface area contributed by atoms with Crippen LogP contribution in [-0.4, -0.2) is 20.9 Å². The first kappa shape index (κ1) is 21.2. The molecule has 0 saturated carbocycles. The SMILES string of the molecule is O=C(COc1ccc(F)cc1)Nc1ccc(NS(=O)(=O)c2ccc(F)c(F)c2)cc1. The molecule has 0 radical (unpaired) electrons. The highest BCUT2D eigenvalue weighted by Gasteiger charge is 2.16. The fraction of sp³-hybridized carbons (Fsp3) is 0.0500. The van der Waals surface area contributed by atoms with Crippen LogP contribution in [0.4, 0.5) is 24.5 Å². The van der Waals surface area contributed by atoms with Crippen molar-refractivity contribution < 1.29 is 31.1 Å². The monoisotopic (exact) mass is 436 g/mol. The summed E-state index contributed by atoms with van der Waals surface area (Å²) in [4.78, 5) is 11.5. The van der Waals surface area contributed by atoms with Gasteiger partial charge in [-0.25, -0.2) is 21.6 Å². The Morgan fingerprint density at radius 2 is 1.47 bits per heavy atom. The zero-order chi connectivity index (χ0) is 21.7. The van der Waals surface area contributed by atoms with Gasteiger partial charge in [0.15, 0.2) is 18.2 Å². The van der Waals surface area contributed by atoms with Crippen molar-refractivity contribution in [3.8, 4) is 5.75 Å². The number of rotatable bonds is 7. The highest BCUT2D eigenvalue weighted by Crippen LogP contribution is 2.20. The number of benzene rings is 3. The van der Waals surface area contributed by atoms with E-state index in [0.717, 1.165) is 12.1 Å². The van der Waals surface area contributed by atoms with Crippen LogP contribution in [0.5, 0.6) is 5.75 Å². The van der Waals surface area contributed by atoms with Crippen molar-refractivity contribution in [2.24, 2.45) is 0 Å². The van der Waals surface area contributed by atoms with Crippen LogP contribution in [0.25, 0.3) is 0 Å². The second-order valence-electron chi connectivity index (χ2n) is 6.05. The Morgan fingerprint density at radius 3 is 2.10 bits per heavy atom. The molecule has 0 aliphatic heterocycles. The van der Waals surface area contributed by atoms with E-state index >= 15 is 0 Å². The van der Waals surface area contributed by atoms with Gasteiger partial charge in [0.25, 0.3) is 15.9 Å². The number of carbonyl (C=O) groups excluding carboxylic acids is 1. The Morgan fingerprint density at radius 1 is 0.833 bits per heavy atom. The molecule has 0 bridgehead atoms. The van der Waals surface area contributed by atoms with E-state index in [4.69, 9.17) is 4.74 Å². The first-order valence-electron chi connectivity index (χ1n) is 8.49. The van der Waals surface area contributed by atoms with E-state index in [9.17, 15) is 26.4 Å². The van der Waals surface area contributed by atoms with E-state index in [0.29, 0.717) is 17.5 Å². The normalized spacial score (nSPS) is 11.0. The van der Waals surface area contributed by atoms with E-state index in [2.05, 4.69) is 10.0 Å². The van der Waals surface area contributed by atoms with Gasteiger partial charge < -0.3 is 10.1 Å². The molecule has 0 aliphatic carbocycles. The minimum atomic E-state index is -4.12. The lowest BCUT2D eigenvalue weighted by Gasteiger charge is -2.10. The Labute approximate surface area is 170 Å². The average molecular weight is 436 g/mol. The van der Waals surface area contributed by atoms with Crippen LogP contribution in [-0.2, 0) is 14.8 Å². The lowest BCUT2D eigenvalue weighted by molar-refractivity contribution is -0.118. The van der Waals surface area contributed by atoms with Gasteiger partial charge in [-0.3, -0.25) is 9.52 Å². The van der Waals surface area contributed by atoms with E-state index in [1.54, 1.807) is 0 Å². The molecule has 156 valence electrons. The zero-order valence-electron chi connectivity index (χ0n) is 15.2. The molecule has 0 spiro atoms. The number of carbonyl (C=O) groups is 1. The predicted molar refractivity (Wildman–Crippen MR) is 104 cm³/mol. The number of amides is 1. The number of nitrogens with one attached hydrogen (secondary N) is 2. The van der Waals surface area contributed by atoms with Crippen LogP contribution in [0.3, 0.4) is 0 Å². The van der Waals surface area contributed by atoms with Gasteiger partial charge in [0.2, 0.25) is 0 Å². The fourth-order valence-corrected chi connectivity index (χ4v) is 3.43. The number of sulfonamides is 1. The third-order valence-corrected chi connectivity index (χ3v) is 5.18. The van der Waals surface area contributed by atoms with Crippen molar-refractivity contribution in [1.82, 2.24) is 0 Å². The van der Waals surface area contributed by atoms with E-state index in [1.807, 2.05) is 0 Å². The maximum absolute atomic E-state index is 13.3. The summed E-state index contributed by atoms with van der Waals surface area (Å²) in [5.41, 5.74) is 0.527. The number of anilines is 2. The summed E-state index contributed by atoms with van der Waals surface area (Å²) in [7, 11) is -4.12. The van der Waals surface area contributed by atoms with Crippen molar-refractivity contribution in [2.45, 2.75) is 4.90 Å². The largest absolute Gasteiger partial charge is 0.484 e. The molecule has 2 N–H and O–H groups in total. The zero-order valence-corrected chi connectivity index (χ0v) is 16.0. The molecular weight excluding hydrogens is 421 g/mol. The van der Waals surface area contributed by atoms with Gasteiger partial charge in [-0.05, 0) is 66.7 Å². The lowest BCUT2D eigenvalue weighted by Crippen LogP contribution is -2.20. The van der Waals surface area contributed by atoms with Crippen molar-refractivity contribution in [2.75, 3.05) is 16.6 Å². The molecule has 10 heteroatoms. The van der Waals surface area contributed by atoms with Crippen LogP contribution in [0.2, 0.25) is 0 Å². The summed E-state index contributed by atoms with van der Waals surface area (Å²) in [5, 5.41) is 2.55. The Bertz CT molecular complexity index is 1150. The Balaban J connectivity index is 1.58. The quantitative estimate of drug-likeness (QED) is 0.588. The number of ether oxygens (including phenoxy) is 1. The minimum Gasteiger partial charge on any atom is -0.484 e. The summed E-state index contributed by atoms with van der Waals surface area (Å²) < 4.78 is 71.1. The average Bonchev–Trinajstić information content (AvgIpc) is 2.71. The summed E-state index contributed by atoms with van der Waals surface area (Å²) in [5.74, 6) is -3.01. The van der Waals surface area contributed by atoms with Crippen molar-refractivity contribution >= 4 is 27.3 Å². The Kier molecular flexibility index (Phi) is 6.26. The summed E-state index contributed by atoms with van der Waals surface area (Å²) in [6, 6.07) is 13.1. The molecule has 3 aromatic rings. The second kappa shape index (κ2) is 8.87. The molecule has 6 nitrogen and oxygen atoms in total. The summed E-state index contributed by atoms with van der Waals surface area (Å²) in [6.45, 7) is -0.309. The van der Waals surface area contributed by atoms with E-state index in [-0.39, 0.29) is 12.3 Å². The van der Waals surface area contributed by atoms with Crippen LogP contribution in [0.15, 0.2) is 71.6 Å². The van der Waals surface area contributed by atoms with Gasteiger partial charge in [0.05, 0.1) is 4.90 Å². The molecule has 0 aliphatic rings. The summed E-state index contributed by atoms with van der Waals surface area (Å²) >= 11 is 0. The predicted octanol–water partition coefficient (Wildman–Crippen LogP) is 3.92. The van der Waals surface area contributed by atoms with Gasteiger partial charge in [-0.15, -0.1) is 0 Å². The molecular formula is C20H15F3N2O4S. The molecule has 0 unspecified atom stereocenters. The molecule has 30 heavy (non-hydrogen) atoms. The maximum atomic E-state index is 13.3. The van der Waals surface area contributed by atoms with Crippen molar-refractivity contribution in [3.63, 3.8) is 0 Å². The topological polar surface area (TPSA) is 84.5 Å². The molecule has 3 rings (SSSR count). The number of hydrogen-bond donors (Lipinski definition) is 2. The minimum absolute atomic E-state index is 0.153. The van der Waals surface area contributed by atoms with Crippen LogP contribution >= 0.6 is 0 Å². The van der Waals surface area contributed by atoms with Crippen LogP contribution in [0.1, 0.15) is 0 Å². The van der Waals surface area contributed by atoms with E-state index in [1.165, 1.54) is 48.5 Å². The fourth-order valence-electron chi connectivity index (χ4n) is 2.36. The van der Waals surface area contributed by atoms with Crippen molar-refractivity contribution in [1.29, 1.82) is 0 Å². The molecule has 0 atom stereocenters. The standard InChI is InChI=1S/C20H15F3N2O4S/c21-13-1-7-16(8-2-13)29-12-20(26)24-14-3-5-15(6-4-14)25-30(27,28)17-9-10-18(22)19(23)11-17/h1-11,25H,12H2,(H,24,26). The van der Waals surface area contributed by atoms with Gasteiger partial charge in [0, 0.05) is 11.4 Å². The van der Waals surface area contributed by atoms with Crippen LogP contribution < -0.4 is 14.8 Å². The van der Waals surface area contributed by atoms with Gasteiger partial charge >= 0.3 is 0 Å². The molecule has 0 fully saturated rings. The maximum Gasteiger partial charge on any atom is 0.262 e. The first-order valence-corrected chi connectivity index (χ1v) is 9.97. The molecule has 0 aromatic heterocycles. The third kappa shape index (κ3) is 5.51. The molecule has 0 heterocycles. The molecule has 0 saturated heterocycles. The van der Waals surface area contributed by atoms with Gasteiger partial charge in [0.1, 0.15) is 11.6 Å². The molecule has 3 aromatic carbocycles. The third-order valence-electron chi connectivity index (χ3n) is 3.81. The number of halogens is 3. The smallest absolute Gasteiger partial charge is 0.262 e. The lowest BCUT2D eigenvalue weighted by atomic mass is 10.3. The first-order chi connectivity index (χ1) is 14.2. The summed E-state index contributed by atoms with van der Waals surface area (Å²) in [6.07, 6.45) is 0. The van der Waals surface area contributed by atoms with Crippen molar-refractivity contribution in [3.05, 3.63) is 84.2 Å². The molecule has 1 amide bonds. The highest BCUT2D eigenvalue weighted by molar-refractivity contribution is 7.92. The highest BCUT2D eigenvalue weighted by atomic mass is 32.2. The second-order valence-corrected chi connectivity index (χ2v) is 7.73. The van der Waals surface area contributed by atoms with E-state index < -0.39 is 38.3 Å². The number of hydrogen-bond acceptors (Lipinski definition) is 4.